The van der Waals surface area contributed by atoms with Crippen LogP contribution in [-0.4, -0.2) is 30.3 Å². The Balaban J connectivity index is 1.57. The second kappa shape index (κ2) is 9.47. The highest BCUT2D eigenvalue weighted by Crippen LogP contribution is 2.26. The van der Waals surface area contributed by atoms with E-state index in [4.69, 9.17) is 0 Å². The molecule has 1 aromatic carbocycles. The van der Waals surface area contributed by atoms with E-state index in [0.717, 1.165) is 11.7 Å². The Labute approximate surface area is 133 Å². The molecule has 3 heteroatoms. The van der Waals surface area contributed by atoms with Crippen molar-refractivity contribution < 1.29 is 4.39 Å². The maximum Gasteiger partial charge on any atom is 0.123 e. The molecule has 1 saturated heterocycles. The van der Waals surface area contributed by atoms with E-state index in [9.17, 15) is 4.39 Å². The summed E-state index contributed by atoms with van der Waals surface area (Å²) in [6.07, 6.45) is 8.06. The van der Waals surface area contributed by atoms with Gasteiger partial charge in [0.05, 0.1) is 0 Å². The van der Waals surface area contributed by atoms with E-state index < -0.39 is 0 Å². The number of nitrogens with zero attached hydrogens (tertiary/aromatic N) is 1. The van der Waals surface area contributed by atoms with Crippen molar-refractivity contribution in [1.82, 2.24) is 4.90 Å². The Morgan fingerprint density at radius 2 is 1.86 bits per heavy atom. The lowest BCUT2D eigenvalue weighted by molar-refractivity contribution is 0.180. The van der Waals surface area contributed by atoms with Crippen LogP contribution in [0.3, 0.4) is 0 Å². The maximum atomic E-state index is 12.8. The van der Waals surface area contributed by atoms with Gasteiger partial charge in [0.2, 0.25) is 0 Å². The predicted octanol–water partition coefficient (Wildman–Crippen LogP) is 5.21. The van der Waals surface area contributed by atoms with Gasteiger partial charge in [-0.05, 0) is 81.3 Å². The summed E-state index contributed by atoms with van der Waals surface area (Å²) >= 11 is 1.86. The smallest absolute Gasteiger partial charge is 0.123 e. The van der Waals surface area contributed by atoms with E-state index in [2.05, 4.69) is 11.8 Å². The molecular formula is C18H28FNS. The standard InChI is InChI=1S/C18H28FNS/c1-2-3-4-12-20-13-9-16(10-14-20)11-15-21-18-7-5-17(19)6-8-18/h5-8,16H,2-4,9-15H2,1H3. The quantitative estimate of drug-likeness (QED) is 0.479. The Bertz CT molecular complexity index is 385. The van der Waals surface area contributed by atoms with Crippen molar-refractivity contribution in [2.45, 2.75) is 50.3 Å². The summed E-state index contributed by atoms with van der Waals surface area (Å²) in [6, 6.07) is 6.88. The molecule has 21 heavy (non-hydrogen) atoms. The van der Waals surface area contributed by atoms with Crippen molar-refractivity contribution >= 4 is 11.8 Å². The fourth-order valence-electron chi connectivity index (χ4n) is 2.96. The van der Waals surface area contributed by atoms with E-state index in [0.29, 0.717) is 0 Å². The minimum atomic E-state index is -0.144. The summed E-state index contributed by atoms with van der Waals surface area (Å²) in [5.41, 5.74) is 0. The number of rotatable bonds is 8. The van der Waals surface area contributed by atoms with Crippen LogP contribution in [0, 0.1) is 11.7 Å². The second-order valence-corrected chi connectivity index (χ2v) is 7.25. The molecule has 0 unspecified atom stereocenters. The highest BCUT2D eigenvalue weighted by molar-refractivity contribution is 7.99. The van der Waals surface area contributed by atoms with Crippen molar-refractivity contribution in [3.63, 3.8) is 0 Å². The Morgan fingerprint density at radius 3 is 2.52 bits per heavy atom. The van der Waals surface area contributed by atoms with Crippen LogP contribution in [0.4, 0.5) is 4.39 Å². The molecule has 1 heterocycles. The van der Waals surface area contributed by atoms with Gasteiger partial charge < -0.3 is 4.90 Å². The topological polar surface area (TPSA) is 3.24 Å². The molecule has 118 valence electrons. The van der Waals surface area contributed by atoms with Gasteiger partial charge in [0, 0.05) is 4.90 Å². The number of halogens is 1. The summed E-state index contributed by atoms with van der Waals surface area (Å²) in [7, 11) is 0. The highest BCUT2D eigenvalue weighted by Gasteiger charge is 2.18. The first kappa shape index (κ1) is 16.8. The number of piperidine rings is 1. The zero-order chi connectivity index (χ0) is 14.9. The third-order valence-corrected chi connectivity index (χ3v) is 5.44. The lowest BCUT2D eigenvalue weighted by atomic mass is 9.94. The van der Waals surface area contributed by atoms with Crippen LogP contribution in [0.2, 0.25) is 0 Å². The van der Waals surface area contributed by atoms with Gasteiger partial charge in [-0.2, -0.15) is 0 Å². The van der Waals surface area contributed by atoms with Crippen LogP contribution < -0.4 is 0 Å². The van der Waals surface area contributed by atoms with E-state index >= 15 is 0 Å². The van der Waals surface area contributed by atoms with Gasteiger partial charge in [-0.1, -0.05) is 19.8 Å². The summed E-state index contributed by atoms with van der Waals surface area (Å²) < 4.78 is 12.8. The SMILES string of the molecule is CCCCCN1CCC(CCSc2ccc(F)cc2)CC1. The van der Waals surface area contributed by atoms with Crippen molar-refractivity contribution in [2.24, 2.45) is 5.92 Å². The number of likely N-dealkylation sites (tertiary alicyclic amines) is 1. The summed E-state index contributed by atoms with van der Waals surface area (Å²) in [5, 5.41) is 0. The molecule has 0 aliphatic carbocycles. The van der Waals surface area contributed by atoms with Crippen LogP contribution in [0.5, 0.6) is 0 Å². The predicted molar refractivity (Wildman–Crippen MR) is 90.4 cm³/mol. The molecule has 1 fully saturated rings. The molecule has 0 radical (unpaired) electrons. The highest BCUT2D eigenvalue weighted by atomic mass is 32.2. The molecule has 0 aromatic heterocycles. The largest absolute Gasteiger partial charge is 0.303 e. The van der Waals surface area contributed by atoms with Crippen LogP contribution in [0.25, 0.3) is 0 Å². The number of unbranched alkanes of at least 4 members (excludes halogenated alkanes) is 2. The molecule has 1 aliphatic heterocycles. The fraction of sp³-hybridized carbons (Fsp3) is 0.667. The minimum absolute atomic E-state index is 0.144. The zero-order valence-corrected chi connectivity index (χ0v) is 14.0. The van der Waals surface area contributed by atoms with Crippen LogP contribution in [-0.2, 0) is 0 Å². The summed E-state index contributed by atoms with van der Waals surface area (Å²) in [4.78, 5) is 3.83. The molecule has 0 bridgehead atoms. The number of hydrogen-bond donors (Lipinski definition) is 0. The molecule has 0 saturated carbocycles. The Morgan fingerprint density at radius 1 is 1.14 bits per heavy atom. The molecule has 1 aromatic rings. The van der Waals surface area contributed by atoms with Gasteiger partial charge >= 0.3 is 0 Å². The number of hydrogen-bond acceptors (Lipinski definition) is 2. The van der Waals surface area contributed by atoms with Crippen LogP contribution in [0.15, 0.2) is 29.2 Å². The van der Waals surface area contributed by atoms with Crippen LogP contribution >= 0.6 is 11.8 Å². The molecule has 0 atom stereocenters. The third-order valence-electron chi connectivity index (χ3n) is 4.39. The Kier molecular flexibility index (Phi) is 7.59. The Hall–Kier alpha value is -0.540. The van der Waals surface area contributed by atoms with Gasteiger partial charge in [-0.3, -0.25) is 0 Å². The van der Waals surface area contributed by atoms with Crippen molar-refractivity contribution in [3.8, 4) is 0 Å². The minimum Gasteiger partial charge on any atom is -0.303 e. The molecule has 0 amide bonds. The first-order valence-corrected chi connectivity index (χ1v) is 9.37. The monoisotopic (exact) mass is 309 g/mol. The molecular weight excluding hydrogens is 281 g/mol. The number of thioether (sulfide) groups is 1. The molecule has 1 nitrogen and oxygen atoms in total. The number of benzene rings is 1. The van der Waals surface area contributed by atoms with Crippen molar-refractivity contribution in [3.05, 3.63) is 30.1 Å². The van der Waals surface area contributed by atoms with E-state index in [1.165, 1.54) is 63.1 Å². The van der Waals surface area contributed by atoms with E-state index in [1.54, 1.807) is 12.1 Å². The fourth-order valence-corrected chi connectivity index (χ4v) is 3.97. The van der Waals surface area contributed by atoms with Gasteiger partial charge in [0.1, 0.15) is 5.82 Å². The van der Waals surface area contributed by atoms with E-state index in [-0.39, 0.29) is 5.82 Å². The summed E-state index contributed by atoms with van der Waals surface area (Å²) in [6.45, 7) is 6.14. The lowest BCUT2D eigenvalue weighted by Crippen LogP contribution is -2.34. The third kappa shape index (κ3) is 6.39. The van der Waals surface area contributed by atoms with Gasteiger partial charge in [0.15, 0.2) is 0 Å². The first-order chi connectivity index (χ1) is 10.3. The average Bonchev–Trinajstić information content (AvgIpc) is 2.51. The second-order valence-electron chi connectivity index (χ2n) is 6.08. The maximum absolute atomic E-state index is 12.8. The average molecular weight is 309 g/mol. The van der Waals surface area contributed by atoms with E-state index in [1.807, 2.05) is 23.9 Å². The van der Waals surface area contributed by atoms with Gasteiger partial charge in [0.25, 0.3) is 0 Å². The molecule has 0 N–H and O–H groups in total. The molecule has 2 rings (SSSR count). The lowest BCUT2D eigenvalue weighted by Gasteiger charge is -2.31. The molecule has 1 aliphatic rings. The first-order valence-electron chi connectivity index (χ1n) is 8.38. The van der Waals surface area contributed by atoms with Crippen molar-refractivity contribution in [2.75, 3.05) is 25.4 Å². The van der Waals surface area contributed by atoms with Crippen molar-refractivity contribution in [1.29, 1.82) is 0 Å². The van der Waals surface area contributed by atoms with Crippen LogP contribution in [0.1, 0.15) is 45.4 Å². The molecule has 0 spiro atoms. The normalized spacial score (nSPS) is 17.2. The zero-order valence-electron chi connectivity index (χ0n) is 13.2. The van der Waals surface area contributed by atoms with Gasteiger partial charge in [-0.25, -0.2) is 4.39 Å². The van der Waals surface area contributed by atoms with Gasteiger partial charge in [-0.15, -0.1) is 11.8 Å². The summed E-state index contributed by atoms with van der Waals surface area (Å²) in [5.74, 6) is 1.90.